The van der Waals surface area contributed by atoms with Crippen LogP contribution in [0.25, 0.3) is 0 Å². The molecule has 4 heteroatoms. The Hall–Kier alpha value is -1.00. The molecular formula is C12H20N4. The number of piperidine rings is 1. The molecule has 1 aliphatic rings. The lowest BCUT2D eigenvalue weighted by molar-refractivity contribution is 0.359. The maximum absolute atomic E-state index is 4.37. The van der Waals surface area contributed by atoms with Crippen LogP contribution < -0.4 is 10.6 Å². The van der Waals surface area contributed by atoms with Gasteiger partial charge in [0.25, 0.3) is 0 Å². The van der Waals surface area contributed by atoms with Crippen molar-refractivity contribution in [2.24, 2.45) is 5.92 Å². The van der Waals surface area contributed by atoms with E-state index in [0.717, 1.165) is 37.1 Å². The largest absolute Gasteiger partial charge is 0.316 e. The van der Waals surface area contributed by atoms with Gasteiger partial charge in [-0.15, -0.1) is 0 Å². The lowest BCUT2D eigenvalue weighted by Gasteiger charge is -2.22. The van der Waals surface area contributed by atoms with Gasteiger partial charge in [-0.05, 0) is 51.4 Å². The number of aromatic nitrogens is 2. The molecule has 0 aliphatic carbocycles. The molecule has 0 bridgehead atoms. The first kappa shape index (κ1) is 11.5. The van der Waals surface area contributed by atoms with Crippen LogP contribution in [0, 0.1) is 12.8 Å². The molecule has 1 atom stereocenters. The minimum Gasteiger partial charge on any atom is -0.316 e. The Labute approximate surface area is 96.9 Å². The summed E-state index contributed by atoms with van der Waals surface area (Å²) in [7, 11) is 0. The molecule has 1 unspecified atom stereocenters. The van der Waals surface area contributed by atoms with Crippen molar-refractivity contribution in [2.45, 2.75) is 26.3 Å². The first-order chi connectivity index (χ1) is 7.84. The van der Waals surface area contributed by atoms with Crippen molar-refractivity contribution in [3.05, 3.63) is 23.8 Å². The normalized spacial score (nSPS) is 20.9. The minimum absolute atomic E-state index is 0.775. The molecule has 1 aliphatic heterocycles. The van der Waals surface area contributed by atoms with E-state index in [4.69, 9.17) is 0 Å². The first-order valence-corrected chi connectivity index (χ1v) is 6.04. The summed E-state index contributed by atoms with van der Waals surface area (Å²) in [5, 5.41) is 6.90. The second kappa shape index (κ2) is 5.92. The summed E-state index contributed by atoms with van der Waals surface area (Å²) in [5.74, 6) is 1.62. The molecule has 1 fully saturated rings. The molecule has 1 saturated heterocycles. The summed E-state index contributed by atoms with van der Waals surface area (Å²) >= 11 is 0. The molecule has 1 aromatic heterocycles. The average molecular weight is 220 g/mol. The highest BCUT2D eigenvalue weighted by Gasteiger charge is 2.11. The number of nitrogens with zero attached hydrogens (tertiary/aromatic N) is 2. The number of hydrogen-bond acceptors (Lipinski definition) is 4. The van der Waals surface area contributed by atoms with Crippen LogP contribution in [0.4, 0.5) is 0 Å². The summed E-state index contributed by atoms with van der Waals surface area (Å²) in [4.78, 5) is 8.46. The summed E-state index contributed by atoms with van der Waals surface area (Å²) in [5.41, 5.74) is 1.08. The van der Waals surface area contributed by atoms with Gasteiger partial charge in [-0.2, -0.15) is 0 Å². The third-order valence-corrected chi connectivity index (χ3v) is 2.97. The zero-order valence-electron chi connectivity index (χ0n) is 9.87. The zero-order chi connectivity index (χ0) is 11.2. The van der Waals surface area contributed by atoms with Gasteiger partial charge in [0, 0.05) is 12.7 Å². The number of aryl methyl sites for hydroxylation is 1. The van der Waals surface area contributed by atoms with Crippen LogP contribution >= 0.6 is 0 Å². The zero-order valence-corrected chi connectivity index (χ0v) is 9.87. The van der Waals surface area contributed by atoms with Crippen molar-refractivity contribution in [3.63, 3.8) is 0 Å². The Morgan fingerprint density at radius 2 is 2.50 bits per heavy atom. The van der Waals surface area contributed by atoms with Gasteiger partial charge in [0.05, 0.1) is 5.69 Å². The van der Waals surface area contributed by atoms with E-state index >= 15 is 0 Å². The fraction of sp³-hybridized carbons (Fsp3) is 0.667. The highest BCUT2D eigenvalue weighted by molar-refractivity contribution is 5.01. The van der Waals surface area contributed by atoms with E-state index in [2.05, 4.69) is 20.6 Å². The highest BCUT2D eigenvalue weighted by atomic mass is 14.9. The monoisotopic (exact) mass is 220 g/mol. The van der Waals surface area contributed by atoms with Crippen LogP contribution in [0.15, 0.2) is 12.3 Å². The van der Waals surface area contributed by atoms with Crippen molar-refractivity contribution in [1.82, 2.24) is 20.6 Å². The van der Waals surface area contributed by atoms with Crippen LogP contribution in [0.1, 0.15) is 24.4 Å². The van der Waals surface area contributed by atoms with Crippen molar-refractivity contribution in [3.8, 4) is 0 Å². The fourth-order valence-corrected chi connectivity index (χ4v) is 2.11. The molecule has 4 nitrogen and oxygen atoms in total. The van der Waals surface area contributed by atoms with E-state index in [-0.39, 0.29) is 0 Å². The van der Waals surface area contributed by atoms with E-state index in [9.17, 15) is 0 Å². The molecule has 0 spiro atoms. The standard InChI is InChI=1S/C12H20N4/c1-10-15-6-4-12(16-10)9-14-8-11-3-2-5-13-7-11/h4,6,11,13-14H,2-3,5,7-9H2,1H3. The van der Waals surface area contributed by atoms with Gasteiger partial charge >= 0.3 is 0 Å². The van der Waals surface area contributed by atoms with Crippen LogP contribution in [-0.4, -0.2) is 29.6 Å². The predicted octanol–water partition coefficient (Wildman–Crippen LogP) is 0.874. The van der Waals surface area contributed by atoms with Gasteiger partial charge in [-0.25, -0.2) is 9.97 Å². The lowest BCUT2D eigenvalue weighted by atomic mass is 10.00. The van der Waals surface area contributed by atoms with Crippen molar-refractivity contribution in [1.29, 1.82) is 0 Å². The predicted molar refractivity (Wildman–Crippen MR) is 64.1 cm³/mol. The fourth-order valence-electron chi connectivity index (χ4n) is 2.11. The topological polar surface area (TPSA) is 49.8 Å². The van der Waals surface area contributed by atoms with Gasteiger partial charge in [-0.1, -0.05) is 0 Å². The number of hydrogen-bond donors (Lipinski definition) is 2. The van der Waals surface area contributed by atoms with Gasteiger partial charge < -0.3 is 10.6 Å². The molecule has 16 heavy (non-hydrogen) atoms. The van der Waals surface area contributed by atoms with Crippen molar-refractivity contribution >= 4 is 0 Å². The van der Waals surface area contributed by atoms with Crippen LogP contribution in [0.2, 0.25) is 0 Å². The van der Waals surface area contributed by atoms with E-state index in [1.165, 1.54) is 19.4 Å². The van der Waals surface area contributed by atoms with E-state index in [1.807, 2.05) is 19.2 Å². The summed E-state index contributed by atoms with van der Waals surface area (Å²) < 4.78 is 0. The SMILES string of the molecule is Cc1nccc(CNCC2CCCNC2)n1. The van der Waals surface area contributed by atoms with E-state index in [0.29, 0.717) is 0 Å². The number of nitrogens with one attached hydrogen (secondary N) is 2. The number of rotatable bonds is 4. The molecule has 1 aromatic rings. The average Bonchev–Trinajstić information content (AvgIpc) is 2.30. The highest BCUT2D eigenvalue weighted by Crippen LogP contribution is 2.08. The molecule has 88 valence electrons. The van der Waals surface area contributed by atoms with Gasteiger partial charge in [0.2, 0.25) is 0 Å². The van der Waals surface area contributed by atoms with E-state index in [1.54, 1.807) is 0 Å². The second-order valence-electron chi connectivity index (χ2n) is 4.44. The van der Waals surface area contributed by atoms with Gasteiger partial charge in [0.15, 0.2) is 0 Å². The smallest absolute Gasteiger partial charge is 0.125 e. The van der Waals surface area contributed by atoms with Gasteiger partial charge in [-0.3, -0.25) is 0 Å². The Balaban J connectivity index is 1.71. The summed E-state index contributed by atoms with van der Waals surface area (Å²) in [6.45, 7) is 6.18. The molecule has 0 amide bonds. The summed E-state index contributed by atoms with van der Waals surface area (Å²) in [6, 6.07) is 1.97. The Morgan fingerprint density at radius 3 is 3.25 bits per heavy atom. The molecule has 0 aromatic carbocycles. The Bertz CT molecular complexity index is 321. The molecule has 0 radical (unpaired) electrons. The molecular weight excluding hydrogens is 200 g/mol. The Morgan fingerprint density at radius 1 is 1.56 bits per heavy atom. The minimum atomic E-state index is 0.775. The van der Waals surface area contributed by atoms with Crippen molar-refractivity contribution in [2.75, 3.05) is 19.6 Å². The summed E-state index contributed by atoms with van der Waals surface area (Å²) in [6.07, 6.45) is 4.46. The Kier molecular flexibility index (Phi) is 4.25. The van der Waals surface area contributed by atoms with Crippen LogP contribution in [-0.2, 0) is 6.54 Å². The quantitative estimate of drug-likeness (QED) is 0.790. The lowest BCUT2D eigenvalue weighted by Crippen LogP contribution is -2.35. The van der Waals surface area contributed by atoms with Crippen LogP contribution in [0.3, 0.4) is 0 Å². The van der Waals surface area contributed by atoms with Gasteiger partial charge in [0.1, 0.15) is 5.82 Å². The van der Waals surface area contributed by atoms with Crippen molar-refractivity contribution < 1.29 is 0 Å². The second-order valence-corrected chi connectivity index (χ2v) is 4.44. The molecule has 2 N–H and O–H groups in total. The first-order valence-electron chi connectivity index (χ1n) is 6.04. The maximum atomic E-state index is 4.37. The maximum Gasteiger partial charge on any atom is 0.125 e. The van der Waals surface area contributed by atoms with Crippen LogP contribution in [0.5, 0.6) is 0 Å². The molecule has 0 saturated carbocycles. The van der Waals surface area contributed by atoms with E-state index < -0.39 is 0 Å². The molecule has 2 heterocycles. The third-order valence-electron chi connectivity index (χ3n) is 2.97. The molecule has 2 rings (SSSR count). The third kappa shape index (κ3) is 3.54.